The molecule has 8 heteroatoms. The van der Waals surface area contributed by atoms with Crippen molar-refractivity contribution in [1.29, 1.82) is 0 Å². The minimum atomic E-state index is -0.181. The maximum Gasteiger partial charge on any atom is 0.225 e. The highest BCUT2D eigenvalue weighted by Gasteiger charge is 2.20. The number of aryl methyl sites for hydroxylation is 1. The van der Waals surface area contributed by atoms with Gasteiger partial charge in [0.2, 0.25) is 5.91 Å². The molecule has 3 aromatic heterocycles. The molecule has 4 aromatic rings. The molecule has 0 saturated carbocycles. The van der Waals surface area contributed by atoms with Crippen LogP contribution in [-0.2, 0) is 11.2 Å². The molecule has 1 unspecified atom stereocenters. The van der Waals surface area contributed by atoms with Gasteiger partial charge in [-0.3, -0.25) is 9.20 Å². The van der Waals surface area contributed by atoms with Gasteiger partial charge in [-0.2, -0.15) is 11.8 Å². The molecule has 30 heavy (non-hydrogen) atoms. The Morgan fingerprint density at radius 2 is 2.03 bits per heavy atom. The molecule has 0 saturated heterocycles. The van der Waals surface area contributed by atoms with Crippen molar-refractivity contribution in [3.05, 3.63) is 70.4 Å². The molecule has 0 bridgehead atoms. The van der Waals surface area contributed by atoms with Crippen LogP contribution in [0.15, 0.2) is 54.0 Å². The van der Waals surface area contributed by atoms with E-state index in [4.69, 9.17) is 0 Å². The van der Waals surface area contributed by atoms with E-state index in [0.717, 1.165) is 45.5 Å². The fourth-order valence-corrected chi connectivity index (χ4v) is 4.41. The Kier molecular flexibility index (Phi) is 6.44. The summed E-state index contributed by atoms with van der Waals surface area (Å²) in [4.78, 5) is 17.3. The van der Waals surface area contributed by atoms with E-state index in [0.29, 0.717) is 6.42 Å². The summed E-state index contributed by atoms with van der Waals surface area (Å²) in [5, 5.41) is 14.8. The molecule has 0 radical (unpaired) electrons. The molecule has 154 valence electrons. The van der Waals surface area contributed by atoms with Crippen LogP contribution in [0.5, 0.6) is 0 Å². The van der Waals surface area contributed by atoms with Crippen LogP contribution in [0.4, 0.5) is 0 Å². The number of nitrogens with one attached hydrogen (secondary N) is 1. The fraction of sp³-hybridized carbons (Fsp3) is 0.273. The van der Waals surface area contributed by atoms with Crippen LogP contribution in [0.3, 0.4) is 0 Å². The van der Waals surface area contributed by atoms with Gasteiger partial charge in [-0.15, -0.1) is 21.5 Å². The molecule has 4 rings (SSSR count). The van der Waals surface area contributed by atoms with Crippen LogP contribution in [0.25, 0.3) is 16.9 Å². The van der Waals surface area contributed by atoms with Gasteiger partial charge >= 0.3 is 0 Å². The number of pyridine rings is 1. The Hall–Kier alpha value is -2.71. The number of nitrogens with zero attached hydrogens (tertiary/aromatic N) is 4. The quantitative estimate of drug-likeness (QED) is 0.445. The lowest BCUT2D eigenvalue weighted by molar-refractivity contribution is -0.121. The van der Waals surface area contributed by atoms with Gasteiger partial charge in [0.15, 0.2) is 11.5 Å². The number of benzene rings is 1. The average molecular weight is 438 g/mol. The number of fused-ring (bicyclic) bond motifs is 1. The van der Waals surface area contributed by atoms with Gasteiger partial charge in [0, 0.05) is 17.1 Å². The first-order valence-corrected chi connectivity index (χ1v) is 12.0. The highest BCUT2D eigenvalue weighted by Crippen LogP contribution is 2.22. The number of hydrogen-bond donors (Lipinski definition) is 1. The zero-order chi connectivity index (χ0) is 20.9. The number of thiazole rings is 1. The number of carbonyl (C=O) groups is 1. The normalized spacial score (nSPS) is 12.2. The summed E-state index contributed by atoms with van der Waals surface area (Å²) < 4.78 is 1.94. The number of thioether (sulfide) groups is 1. The molecule has 0 aliphatic carbocycles. The molecule has 1 aromatic carbocycles. The van der Waals surface area contributed by atoms with Crippen LogP contribution in [0.1, 0.15) is 28.9 Å². The Bertz CT molecular complexity index is 1140. The third-order valence-electron chi connectivity index (χ3n) is 4.83. The Morgan fingerprint density at radius 1 is 1.20 bits per heavy atom. The Morgan fingerprint density at radius 3 is 2.77 bits per heavy atom. The molecular formula is C22H23N5OS2. The highest BCUT2D eigenvalue weighted by atomic mass is 32.2. The van der Waals surface area contributed by atoms with Crippen molar-refractivity contribution in [2.75, 3.05) is 12.0 Å². The molecule has 0 spiro atoms. The molecule has 0 aliphatic rings. The summed E-state index contributed by atoms with van der Waals surface area (Å²) in [6, 6.07) is 13.6. The van der Waals surface area contributed by atoms with Crippen LogP contribution in [-0.4, -0.2) is 37.5 Å². The molecule has 0 fully saturated rings. The molecule has 1 atom stereocenters. The van der Waals surface area contributed by atoms with Gasteiger partial charge in [-0.1, -0.05) is 30.3 Å². The van der Waals surface area contributed by atoms with E-state index in [1.54, 1.807) is 23.1 Å². The van der Waals surface area contributed by atoms with Gasteiger partial charge < -0.3 is 5.32 Å². The van der Waals surface area contributed by atoms with Crippen molar-refractivity contribution in [1.82, 2.24) is 24.9 Å². The zero-order valence-electron chi connectivity index (χ0n) is 16.9. The maximum absolute atomic E-state index is 12.8. The lowest BCUT2D eigenvalue weighted by Gasteiger charge is -2.17. The van der Waals surface area contributed by atoms with Gasteiger partial charge in [-0.05, 0) is 43.0 Å². The number of amides is 1. The summed E-state index contributed by atoms with van der Waals surface area (Å²) in [6.45, 7) is 2.00. The average Bonchev–Trinajstić information content (AvgIpc) is 3.38. The van der Waals surface area contributed by atoms with Crippen LogP contribution in [0, 0.1) is 6.92 Å². The van der Waals surface area contributed by atoms with E-state index in [-0.39, 0.29) is 11.9 Å². The van der Waals surface area contributed by atoms with E-state index < -0.39 is 0 Å². The number of hydrogen-bond acceptors (Lipinski definition) is 6. The second-order valence-corrected chi connectivity index (χ2v) is 9.06. The molecule has 1 amide bonds. The first kappa shape index (κ1) is 20.6. The molecule has 3 heterocycles. The monoisotopic (exact) mass is 437 g/mol. The molecule has 1 N–H and O–H groups in total. The number of aromatic nitrogens is 4. The smallest absolute Gasteiger partial charge is 0.225 e. The first-order valence-electron chi connectivity index (χ1n) is 9.73. The van der Waals surface area contributed by atoms with E-state index in [9.17, 15) is 4.79 Å². The van der Waals surface area contributed by atoms with Crippen LogP contribution >= 0.6 is 23.1 Å². The van der Waals surface area contributed by atoms with E-state index in [1.165, 1.54) is 0 Å². The number of rotatable bonds is 8. The molecule has 0 aliphatic heterocycles. The van der Waals surface area contributed by atoms with Gasteiger partial charge in [0.1, 0.15) is 0 Å². The summed E-state index contributed by atoms with van der Waals surface area (Å²) >= 11 is 3.39. The van der Waals surface area contributed by atoms with Crippen molar-refractivity contribution in [3.8, 4) is 11.3 Å². The number of carbonyl (C=O) groups excluding carboxylic acids is 1. The van der Waals surface area contributed by atoms with E-state index in [2.05, 4.69) is 32.1 Å². The molecule has 6 nitrogen and oxygen atoms in total. The second-order valence-electron chi connectivity index (χ2n) is 7.01. The van der Waals surface area contributed by atoms with Crippen molar-refractivity contribution in [2.45, 2.75) is 25.8 Å². The summed E-state index contributed by atoms with van der Waals surface area (Å²) in [6.07, 6.45) is 5.11. The lowest BCUT2D eigenvalue weighted by Crippen LogP contribution is -2.31. The molecular weight excluding hydrogens is 414 g/mol. The SMILES string of the molecule is CSCCC(NC(=O)Cc1ccc(-c2csc(C)n2)cc1)c1nnc2ccccn12. The zero-order valence-corrected chi connectivity index (χ0v) is 18.5. The van der Waals surface area contributed by atoms with Gasteiger partial charge in [-0.25, -0.2) is 4.98 Å². The van der Waals surface area contributed by atoms with E-state index in [1.807, 2.05) is 60.0 Å². The van der Waals surface area contributed by atoms with Gasteiger partial charge in [0.05, 0.1) is 23.2 Å². The second kappa shape index (κ2) is 9.40. The van der Waals surface area contributed by atoms with Crippen molar-refractivity contribution in [3.63, 3.8) is 0 Å². The third kappa shape index (κ3) is 4.71. The van der Waals surface area contributed by atoms with Crippen molar-refractivity contribution in [2.24, 2.45) is 0 Å². The predicted octanol–water partition coefficient (Wildman–Crippen LogP) is 4.31. The minimum absolute atomic E-state index is 0.0222. The summed E-state index contributed by atoms with van der Waals surface area (Å²) in [5.74, 6) is 1.67. The Balaban J connectivity index is 1.46. The van der Waals surface area contributed by atoms with Crippen LogP contribution in [0.2, 0.25) is 0 Å². The first-order chi connectivity index (χ1) is 14.6. The predicted molar refractivity (Wildman–Crippen MR) is 123 cm³/mol. The maximum atomic E-state index is 12.8. The van der Waals surface area contributed by atoms with Crippen molar-refractivity contribution < 1.29 is 4.79 Å². The van der Waals surface area contributed by atoms with E-state index >= 15 is 0 Å². The summed E-state index contributed by atoms with van der Waals surface area (Å²) in [7, 11) is 0. The van der Waals surface area contributed by atoms with Crippen LogP contribution < -0.4 is 5.32 Å². The third-order valence-corrected chi connectivity index (χ3v) is 6.25. The fourth-order valence-electron chi connectivity index (χ4n) is 3.32. The highest BCUT2D eigenvalue weighted by molar-refractivity contribution is 7.98. The largest absolute Gasteiger partial charge is 0.346 e. The topological polar surface area (TPSA) is 72.2 Å². The minimum Gasteiger partial charge on any atom is -0.346 e. The van der Waals surface area contributed by atoms with Gasteiger partial charge in [0.25, 0.3) is 0 Å². The lowest BCUT2D eigenvalue weighted by atomic mass is 10.1. The van der Waals surface area contributed by atoms with Crippen molar-refractivity contribution >= 4 is 34.7 Å². The Labute approximate surface area is 183 Å². The standard InChI is InChI=1S/C22H23N5OS2/c1-15-23-19(14-30-15)17-8-6-16(7-9-17)13-21(28)24-18(10-12-29-2)22-26-25-20-5-3-4-11-27(20)22/h3-9,11,14,18H,10,12-13H2,1-2H3,(H,24,28). The summed E-state index contributed by atoms with van der Waals surface area (Å²) in [5.41, 5.74) is 3.79.